The molecule has 0 heterocycles. The van der Waals surface area contributed by atoms with Gasteiger partial charge in [-0.15, -0.1) is 0 Å². The minimum absolute atomic E-state index is 0.0580. The summed E-state index contributed by atoms with van der Waals surface area (Å²) in [4.78, 5) is 0. The molecule has 0 aromatic heterocycles. The highest BCUT2D eigenvalue weighted by molar-refractivity contribution is 6.86. The molecule has 1 aliphatic rings. The second kappa shape index (κ2) is 10.2. The van der Waals surface area contributed by atoms with Crippen molar-refractivity contribution < 1.29 is 43.9 Å². The normalized spacial score (nSPS) is 17.6. The summed E-state index contributed by atoms with van der Waals surface area (Å²) in [6.07, 6.45) is 1.05. The average molecular weight is 554 g/mol. The Morgan fingerprint density at radius 3 is 1.46 bits per heavy atom. The molecule has 0 spiro atoms. The summed E-state index contributed by atoms with van der Waals surface area (Å²) in [5.74, 6) is -26.3. The Morgan fingerprint density at radius 1 is 0.487 bits per heavy atom. The summed E-state index contributed by atoms with van der Waals surface area (Å²) >= 11 is 0. The van der Waals surface area contributed by atoms with E-state index < -0.39 is 87.5 Å². The van der Waals surface area contributed by atoms with Crippen LogP contribution in [0.15, 0.2) is 42.5 Å². The molecule has 0 saturated heterocycles. The van der Waals surface area contributed by atoms with Crippen LogP contribution in [0, 0.1) is 58.2 Å². The number of rotatable bonds is 4. The van der Waals surface area contributed by atoms with Crippen molar-refractivity contribution >= 4 is 28.4 Å². The molecule has 2 atom stereocenters. The van der Waals surface area contributed by atoms with E-state index >= 15 is 17.6 Å². The number of fused-ring (bicyclic) bond motifs is 1. The summed E-state index contributed by atoms with van der Waals surface area (Å²) in [6.45, 7) is -2.40. The van der Waals surface area contributed by atoms with Gasteiger partial charge in [0.25, 0.3) is 0 Å². The number of benzene rings is 4. The van der Waals surface area contributed by atoms with Crippen LogP contribution in [0.25, 0.3) is 10.8 Å². The highest BCUT2D eigenvalue weighted by atomic mass is 19.2. The first-order valence-electron chi connectivity index (χ1n) is 12.1. The molecule has 0 amide bonds. The molecular weight excluding hydrogens is 537 g/mol. The minimum Gasteiger partial charge on any atom is -0.204 e. The van der Waals surface area contributed by atoms with Crippen LogP contribution in [0.1, 0.15) is 37.2 Å². The maximum atomic E-state index is 15.2. The Hall–Kier alpha value is -3.50. The van der Waals surface area contributed by atoms with Crippen molar-refractivity contribution in [2.75, 3.05) is 0 Å². The second-order valence-electron chi connectivity index (χ2n) is 9.57. The van der Waals surface area contributed by atoms with E-state index in [9.17, 15) is 26.3 Å². The molecule has 4 aromatic carbocycles. The molecule has 0 aliphatic heterocycles. The Balaban J connectivity index is 1.85. The smallest absolute Gasteiger partial charge is 0.204 e. The molecule has 1 aliphatic carbocycles. The summed E-state index contributed by atoms with van der Waals surface area (Å²) in [5, 5.41) is 1.40. The zero-order chi connectivity index (χ0) is 28.2. The Morgan fingerprint density at radius 2 is 0.923 bits per heavy atom. The molecule has 39 heavy (non-hydrogen) atoms. The Labute approximate surface area is 216 Å². The van der Waals surface area contributed by atoms with Crippen LogP contribution >= 0.6 is 0 Å². The van der Waals surface area contributed by atoms with Crippen LogP contribution in [0.2, 0.25) is 5.82 Å². The maximum absolute atomic E-state index is 15.2. The van der Waals surface area contributed by atoms with Gasteiger partial charge in [0.05, 0.1) is 0 Å². The van der Waals surface area contributed by atoms with Crippen molar-refractivity contribution in [2.24, 2.45) is 0 Å². The minimum atomic E-state index is -2.51. The number of halogens is 10. The van der Waals surface area contributed by atoms with Crippen LogP contribution < -0.4 is 10.9 Å². The van der Waals surface area contributed by atoms with Crippen LogP contribution in [0.5, 0.6) is 0 Å². The summed E-state index contributed by atoms with van der Waals surface area (Å²) in [7, 11) is 0. The van der Waals surface area contributed by atoms with Crippen LogP contribution in [-0.2, 0) is 0 Å². The van der Waals surface area contributed by atoms with Crippen molar-refractivity contribution in [2.45, 2.75) is 37.4 Å². The van der Waals surface area contributed by atoms with Gasteiger partial charge in [0.1, 0.15) is 0 Å². The lowest BCUT2D eigenvalue weighted by Crippen LogP contribution is -2.55. The van der Waals surface area contributed by atoms with E-state index in [-0.39, 0.29) is 12.8 Å². The van der Waals surface area contributed by atoms with Gasteiger partial charge in [-0.05, 0) is 34.5 Å². The second-order valence-corrected chi connectivity index (χ2v) is 9.57. The average Bonchev–Trinajstić information content (AvgIpc) is 2.96. The quantitative estimate of drug-likeness (QED) is 0.106. The lowest BCUT2D eigenvalue weighted by atomic mass is 9.29. The number of hydrogen-bond acceptors (Lipinski definition) is 0. The molecular formula is C28H17BF10. The fourth-order valence-electron chi connectivity index (χ4n) is 5.88. The Kier molecular flexibility index (Phi) is 7.11. The zero-order valence-corrected chi connectivity index (χ0v) is 19.9. The molecule has 1 fully saturated rings. The highest BCUT2D eigenvalue weighted by Gasteiger charge is 2.46. The van der Waals surface area contributed by atoms with E-state index in [2.05, 4.69) is 0 Å². The molecule has 4 aromatic rings. The van der Waals surface area contributed by atoms with Gasteiger partial charge in [-0.3, -0.25) is 0 Å². The lowest BCUT2D eigenvalue weighted by molar-refractivity contribution is 0.380. The van der Waals surface area contributed by atoms with E-state index in [0.717, 1.165) is 5.39 Å². The number of hydrogen-bond donors (Lipinski definition) is 0. The van der Waals surface area contributed by atoms with E-state index in [1.165, 1.54) is 0 Å². The molecule has 5 rings (SSSR count). The van der Waals surface area contributed by atoms with E-state index in [4.69, 9.17) is 0 Å². The third-order valence-electron chi connectivity index (χ3n) is 7.58. The highest BCUT2D eigenvalue weighted by Crippen LogP contribution is 2.46. The van der Waals surface area contributed by atoms with Gasteiger partial charge in [0.15, 0.2) is 58.2 Å². The van der Waals surface area contributed by atoms with Crippen molar-refractivity contribution in [3.8, 4) is 0 Å². The molecule has 11 heteroatoms. The standard InChI is InChI=1S/C28H17BF10/c30-19-17(20(31)24(35)27(38)23(19)34)29(18-21(32)25(36)28(39)26(37)22(18)33)16-11-4-3-9-15(16)14-10-5-7-12-6-1-2-8-13(12)14/h1-2,5-8,10,15-16H,3-4,9,11H2/t15-,16+/m1/s1. The first kappa shape index (κ1) is 27.1. The fourth-order valence-corrected chi connectivity index (χ4v) is 5.88. The third kappa shape index (κ3) is 4.26. The fraction of sp³-hybridized carbons (Fsp3) is 0.214. The Bertz CT molecular complexity index is 1470. The topological polar surface area (TPSA) is 0 Å². The molecule has 0 radical (unpaired) electrons. The van der Waals surface area contributed by atoms with E-state index in [1.807, 2.05) is 0 Å². The van der Waals surface area contributed by atoms with Crippen LogP contribution in [0.3, 0.4) is 0 Å². The molecule has 1 saturated carbocycles. The maximum Gasteiger partial charge on any atom is 0.229 e. The van der Waals surface area contributed by atoms with Gasteiger partial charge >= 0.3 is 0 Å². The summed E-state index contributed by atoms with van der Waals surface area (Å²) in [6, 6.07) is 12.0. The van der Waals surface area contributed by atoms with Gasteiger partial charge in [-0.2, -0.15) is 0 Å². The SMILES string of the molecule is Fc1c(F)c(F)c(B(c2c(F)c(F)c(F)c(F)c2F)[C@H]2CCCC[C@@H]2c2cccc3ccccc23)c(F)c1F. The van der Waals surface area contributed by atoms with E-state index in [1.54, 1.807) is 42.5 Å². The van der Waals surface area contributed by atoms with E-state index in [0.29, 0.717) is 23.8 Å². The zero-order valence-electron chi connectivity index (χ0n) is 19.9. The molecule has 0 N–H and O–H groups in total. The van der Waals surface area contributed by atoms with Crippen molar-refractivity contribution in [3.63, 3.8) is 0 Å². The van der Waals surface area contributed by atoms with Crippen LogP contribution in [0.4, 0.5) is 43.9 Å². The van der Waals surface area contributed by atoms with Crippen molar-refractivity contribution in [1.82, 2.24) is 0 Å². The molecule has 0 unspecified atom stereocenters. The first-order chi connectivity index (χ1) is 18.6. The van der Waals surface area contributed by atoms with Crippen molar-refractivity contribution in [1.29, 1.82) is 0 Å². The van der Waals surface area contributed by atoms with Gasteiger partial charge < -0.3 is 0 Å². The third-order valence-corrected chi connectivity index (χ3v) is 7.58. The van der Waals surface area contributed by atoms with Gasteiger partial charge in [0, 0.05) is 10.9 Å². The molecule has 202 valence electrons. The van der Waals surface area contributed by atoms with Crippen LogP contribution in [-0.4, -0.2) is 6.71 Å². The molecule has 0 nitrogen and oxygen atoms in total. The largest absolute Gasteiger partial charge is 0.229 e. The van der Waals surface area contributed by atoms with Gasteiger partial charge in [-0.25, -0.2) is 43.9 Å². The first-order valence-corrected chi connectivity index (χ1v) is 12.1. The predicted octanol–water partition coefficient (Wildman–Crippen LogP) is 7.57. The van der Waals surface area contributed by atoms with Gasteiger partial charge in [-0.1, -0.05) is 61.7 Å². The predicted molar refractivity (Wildman–Crippen MR) is 126 cm³/mol. The lowest BCUT2D eigenvalue weighted by Gasteiger charge is -2.37. The van der Waals surface area contributed by atoms with Gasteiger partial charge in [0.2, 0.25) is 6.71 Å². The summed E-state index contributed by atoms with van der Waals surface area (Å²) in [5.41, 5.74) is -2.74. The summed E-state index contributed by atoms with van der Waals surface area (Å²) < 4.78 is 146. The monoisotopic (exact) mass is 554 g/mol. The van der Waals surface area contributed by atoms with Crippen molar-refractivity contribution in [3.05, 3.63) is 106 Å². The molecule has 0 bridgehead atoms.